The van der Waals surface area contributed by atoms with E-state index in [9.17, 15) is 9.18 Å². The molecule has 142 valence electrons. The molecule has 0 heterocycles. The molecule has 3 N–H and O–H groups in total. The van der Waals surface area contributed by atoms with Crippen molar-refractivity contribution in [2.45, 2.75) is 0 Å². The topological polar surface area (TPSA) is 53.2 Å². The van der Waals surface area contributed by atoms with Gasteiger partial charge in [0.15, 0.2) is 5.11 Å². The van der Waals surface area contributed by atoms with Crippen LogP contribution in [0.3, 0.4) is 0 Å². The second-order valence-electron chi connectivity index (χ2n) is 5.72. The standard InChI is InChI=1S/C20H14ClFIN3OS/c21-16-11-14(9-10-18(16)23)26-20(28)25-13-7-5-12(6-8-13)24-19(27)15-3-1-2-4-17(15)22/h1-11H,(H,24,27)(H2,25,26,28). The van der Waals surface area contributed by atoms with Gasteiger partial charge >= 0.3 is 0 Å². The lowest BCUT2D eigenvalue weighted by molar-refractivity contribution is 0.102. The van der Waals surface area contributed by atoms with Gasteiger partial charge < -0.3 is 16.0 Å². The van der Waals surface area contributed by atoms with Crippen LogP contribution in [-0.2, 0) is 0 Å². The van der Waals surface area contributed by atoms with Crippen molar-refractivity contribution < 1.29 is 9.18 Å². The molecule has 3 aromatic rings. The first-order chi connectivity index (χ1) is 13.4. The van der Waals surface area contributed by atoms with E-state index in [-0.39, 0.29) is 5.56 Å². The summed E-state index contributed by atoms with van der Waals surface area (Å²) >= 11 is 13.5. The molecule has 28 heavy (non-hydrogen) atoms. The first-order valence-electron chi connectivity index (χ1n) is 8.11. The molecule has 0 saturated heterocycles. The fraction of sp³-hybridized carbons (Fsp3) is 0. The number of nitrogens with one attached hydrogen (secondary N) is 3. The Labute approximate surface area is 185 Å². The first-order valence-corrected chi connectivity index (χ1v) is 9.98. The Morgan fingerprint density at radius 2 is 1.46 bits per heavy atom. The molecule has 0 aliphatic heterocycles. The van der Waals surface area contributed by atoms with E-state index in [0.717, 1.165) is 14.9 Å². The van der Waals surface area contributed by atoms with Gasteiger partial charge in [0, 0.05) is 20.6 Å². The summed E-state index contributed by atoms with van der Waals surface area (Å²) in [6.45, 7) is 0. The molecular weight excluding hydrogens is 512 g/mol. The van der Waals surface area contributed by atoms with E-state index in [2.05, 4.69) is 38.5 Å². The molecule has 0 aromatic heterocycles. The number of carbonyl (C=O) groups excluding carboxylic acids is 1. The highest BCUT2D eigenvalue weighted by molar-refractivity contribution is 14.1. The molecule has 1 amide bonds. The van der Waals surface area contributed by atoms with Crippen molar-refractivity contribution in [1.82, 2.24) is 0 Å². The number of thiocarbonyl (C=S) groups is 1. The number of anilines is 3. The smallest absolute Gasteiger partial charge is 0.258 e. The van der Waals surface area contributed by atoms with Crippen LogP contribution in [0.4, 0.5) is 21.5 Å². The van der Waals surface area contributed by atoms with Gasteiger partial charge in [0.2, 0.25) is 0 Å². The number of amides is 1. The van der Waals surface area contributed by atoms with Crippen molar-refractivity contribution in [1.29, 1.82) is 0 Å². The minimum Gasteiger partial charge on any atom is -0.332 e. The van der Waals surface area contributed by atoms with Gasteiger partial charge in [-0.2, -0.15) is 0 Å². The van der Waals surface area contributed by atoms with Gasteiger partial charge in [0.05, 0.1) is 10.6 Å². The molecule has 4 nitrogen and oxygen atoms in total. The Morgan fingerprint density at radius 3 is 2.11 bits per heavy atom. The zero-order valence-corrected chi connectivity index (χ0v) is 18.0. The van der Waals surface area contributed by atoms with Crippen LogP contribution in [0.5, 0.6) is 0 Å². The molecule has 0 unspecified atom stereocenters. The van der Waals surface area contributed by atoms with E-state index in [1.807, 2.05) is 12.1 Å². The van der Waals surface area contributed by atoms with Crippen LogP contribution in [-0.4, -0.2) is 11.0 Å². The second kappa shape index (κ2) is 9.31. The lowest BCUT2D eigenvalue weighted by Gasteiger charge is -2.12. The molecule has 0 radical (unpaired) electrons. The summed E-state index contributed by atoms with van der Waals surface area (Å²) in [7, 11) is 0. The number of benzene rings is 3. The minimum absolute atomic E-state index is 0.00809. The number of halogens is 3. The highest BCUT2D eigenvalue weighted by Crippen LogP contribution is 2.22. The normalized spacial score (nSPS) is 10.2. The zero-order valence-electron chi connectivity index (χ0n) is 14.3. The van der Waals surface area contributed by atoms with Gasteiger partial charge in [-0.25, -0.2) is 4.39 Å². The third-order valence-electron chi connectivity index (χ3n) is 3.70. The van der Waals surface area contributed by atoms with Crippen molar-refractivity contribution in [3.8, 4) is 0 Å². The van der Waals surface area contributed by atoms with E-state index in [4.69, 9.17) is 23.8 Å². The molecule has 0 aliphatic rings. The van der Waals surface area contributed by atoms with Crippen molar-refractivity contribution >= 4 is 74.5 Å². The Morgan fingerprint density at radius 1 is 0.893 bits per heavy atom. The zero-order chi connectivity index (χ0) is 20.1. The summed E-state index contributed by atoms with van der Waals surface area (Å²) in [4.78, 5) is 12.1. The van der Waals surface area contributed by atoms with Crippen LogP contribution in [0.1, 0.15) is 10.4 Å². The number of hydrogen-bond acceptors (Lipinski definition) is 2. The van der Waals surface area contributed by atoms with Gasteiger partial charge in [-0.05, 0) is 89.4 Å². The molecule has 3 aromatic carbocycles. The van der Waals surface area contributed by atoms with E-state index < -0.39 is 11.7 Å². The number of hydrogen-bond donors (Lipinski definition) is 3. The monoisotopic (exact) mass is 525 g/mol. The number of carbonyl (C=O) groups is 1. The van der Waals surface area contributed by atoms with E-state index >= 15 is 0 Å². The predicted octanol–water partition coefficient (Wildman–Crippen LogP) is 6.14. The summed E-state index contributed by atoms with van der Waals surface area (Å²) in [6.07, 6.45) is 0. The molecule has 0 bridgehead atoms. The first kappa shape index (κ1) is 20.5. The average molecular weight is 526 g/mol. The maximum Gasteiger partial charge on any atom is 0.258 e. The number of rotatable bonds is 4. The van der Waals surface area contributed by atoms with Crippen molar-refractivity contribution in [2.75, 3.05) is 16.0 Å². The van der Waals surface area contributed by atoms with Crippen LogP contribution >= 0.6 is 46.4 Å². The summed E-state index contributed by atoms with van der Waals surface area (Å²) in [5, 5.41) is 9.81. The van der Waals surface area contributed by atoms with Crippen LogP contribution < -0.4 is 16.0 Å². The van der Waals surface area contributed by atoms with Crippen molar-refractivity contribution in [3.05, 3.63) is 86.7 Å². The molecule has 0 saturated carbocycles. The van der Waals surface area contributed by atoms with E-state index in [1.165, 1.54) is 18.2 Å². The lowest BCUT2D eigenvalue weighted by atomic mass is 10.2. The van der Waals surface area contributed by atoms with Gasteiger partial charge in [-0.15, -0.1) is 0 Å². The van der Waals surface area contributed by atoms with Gasteiger partial charge in [-0.3, -0.25) is 4.79 Å². The Kier molecular flexibility index (Phi) is 6.82. The van der Waals surface area contributed by atoms with Gasteiger partial charge in [-0.1, -0.05) is 23.7 Å². The van der Waals surface area contributed by atoms with Crippen LogP contribution in [0.2, 0.25) is 5.02 Å². The largest absolute Gasteiger partial charge is 0.332 e. The quantitative estimate of drug-likeness (QED) is 0.283. The third kappa shape index (κ3) is 5.40. The second-order valence-corrected chi connectivity index (χ2v) is 7.70. The molecule has 8 heteroatoms. The summed E-state index contributed by atoms with van der Waals surface area (Å²) in [5.74, 6) is -1.07. The van der Waals surface area contributed by atoms with Crippen molar-refractivity contribution in [2.24, 2.45) is 0 Å². The lowest BCUT2D eigenvalue weighted by Crippen LogP contribution is -2.19. The Hall–Kier alpha value is -2.23. The van der Waals surface area contributed by atoms with E-state index in [0.29, 0.717) is 15.8 Å². The van der Waals surface area contributed by atoms with Crippen molar-refractivity contribution in [3.63, 3.8) is 0 Å². The molecule has 0 spiro atoms. The van der Waals surface area contributed by atoms with E-state index in [1.54, 1.807) is 36.4 Å². The highest BCUT2D eigenvalue weighted by Gasteiger charge is 2.11. The molecule has 0 atom stereocenters. The fourth-order valence-electron chi connectivity index (χ4n) is 2.35. The third-order valence-corrected chi connectivity index (χ3v) is 5.47. The minimum atomic E-state index is -0.564. The molecular formula is C20H14ClFIN3OS. The van der Waals surface area contributed by atoms with Gasteiger partial charge in [0.25, 0.3) is 5.91 Å². The fourth-order valence-corrected chi connectivity index (χ4v) is 3.10. The highest BCUT2D eigenvalue weighted by atomic mass is 127. The molecule has 3 rings (SSSR count). The van der Waals surface area contributed by atoms with Crippen LogP contribution in [0.25, 0.3) is 0 Å². The molecule has 0 aliphatic carbocycles. The SMILES string of the molecule is O=C(Nc1ccc(NC(=S)Nc2ccc(I)c(Cl)c2)cc1)c1ccccc1F. The van der Waals surface area contributed by atoms with Crippen LogP contribution in [0.15, 0.2) is 66.7 Å². The summed E-state index contributed by atoms with van der Waals surface area (Å²) in [6, 6.07) is 18.3. The Bertz CT molecular complexity index is 1030. The predicted molar refractivity (Wildman–Crippen MR) is 125 cm³/mol. The summed E-state index contributed by atoms with van der Waals surface area (Å²) in [5.41, 5.74) is 2.04. The average Bonchev–Trinajstić information content (AvgIpc) is 2.66. The molecule has 0 fully saturated rings. The maximum atomic E-state index is 13.7. The van der Waals surface area contributed by atoms with Gasteiger partial charge in [0.1, 0.15) is 5.82 Å². The maximum absolute atomic E-state index is 13.7. The summed E-state index contributed by atoms with van der Waals surface area (Å²) < 4.78 is 14.6. The Balaban J connectivity index is 1.59. The van der Waals surface area contributed by atoms with Crippen LogP contribution in [0, 0.1) is 9.39 Å².